The van der Waals surface area contributed by atoms with Crippen molar-refractivity contribution in [2.45, 2.75) is 25.8 Å². The number of phenolic OH excluding ortho intramolecular Hbond substituents is 1. The van der Waals surface area contributed by atoms with Crippen molar-refractivity contribution in [3.8, 4) is 5.75 Å². The normalized spacial score (nSPS) is 23.1. The molecule has 102 valence electrons. The Morgan fingerprint density at radius 2 is 2.11 bits per heavy atom. The molecule has 1 aliphatic rings. The largest absolute Gasteiger partial charge is 0.508 e. The van der Waals surface area contributed by atoms with Gasteiger partial charge in [-0.15, -0.1) is 0 Å². The molecule has 1 aliphatic heterocycles. The second-order valence-corrected chi connectivity index (χ2v) is 5.03. The minimum atomic E-state index is -0.972. The molecule has 2 atom stereocenters. The van der Waals surface area contributed by atoms with Crippen LogP contribution in [0.15, 0.2) is 24.3 Å². The van der Waals surface area contributed by atoms with E-state index in [0.717, 1.165) is 6.42 Å². The van der Waals surface area contributed by atoms with E-state index in [1.807, 2.05) is 6.92 Å². The van der Waals surface area contributed by atoms with Crippen LogP contribution < -0.4 is 0 Å². The zero-order chi connectivity index (χ0) is 14.0. The Kier molecular flexibility index (Phi) is 3.74. The van der Waals surface area contributed by atoms with Crippen molar-refractivity contribution >= 4 is 11.9 Å². The highest BCUT2D eigenvalue weighted by Crippen LogP contribution is 2.25. The predicted octanol–water partition coefficient (Wildman–Crippen LogP) is 1.72. The zero-order valence-corrected chi connectivity index (χ0v) is 10.7. The number of aromatic hydroxyl groups is 1. The Hall–Kier alpha value is -2.04. The lowest BCUT2D eigenvalue weighted by atomic mass is 9.92. The number of rotatable bonds is 2. The smallest absolute Gasteiger partial charge is 0.326 e. The molecule has 5 heteroatoms. The van der Waals surface area contributed by atoms with Crippen molar-refractivity contribution < 1.29 is 19.8 Å². The minimum Gasteiger partial charge on any atom is -0.508 e. The minimum absolute atomic E-state index is 0.00287. The summed E-state index contributed by atoms with van der Waals surface area (Å²) in [5.74, 6) is -1.01. The summed E-state index contributed by atoms with van der Waals surface area (Å²) >= 11 is 0. The molecular formula is C14H17NO4. The summed E-state index contributed by atoms with van der Waals surface area (Å²) in [6.45, 7) is 2.43. The van der Waals surface area contributed by atoms with Gasteiger partial charge in [-0.25, -0.2) is 4.79 Å². The number of carboxylic acids is 1. The summed E-state index contributed by atoms with van der Waals surface area (Å²) < 4.78 is 0. The van der Waals surface area contributed by atoms with Crippen molar-refractivity contribution in [2.24, 2.45) is 5.92 Å². The quantitative estimate of drug-likeness (QED) is 0.851. The molecule has 0 aromatic heterocycles. The molecule has 0 radical (unpaired) electrons. The SMILES string of the molecule is CC1CCN(C(=O)c2cccc(O)c2)C(C(=O)O)C1. The third-order valence-electron chi connectivity index (χ3n) is 3.50. The van der Waals surface area contributed by atoms with Gasteiger partial charge in [0, 0.05) is 12.1 Å². The molecule has 1 amide bonds. The number of phenols is 1. The van der Waals surface area contributed by atoms with E-state index in [-0.39, 0.29) is 11.7 Å². The molecule has 19 heavy (non-hydrogen) atoms. The van der Waals surface area contributed by atoms with Gasteiger partial charge in [0.1, 0.15) is 11.8 Å². The molecule has 0 bridgehead atoms. The summed E-state index contributed by atoms with van der Waals surface area (Å²) in [6.07, 6.45) is 1.27. The van der Waals surface area contributed by atoms with Gasteiger partial charge in [-0.3, -0.25) is 4.79 Å². The van der Waals surface area contributed by atoms with E-state index in [4.69, 9.17) is 0 Å². The Morgan fingerprint density at radius 1 is 1.37 bits per heavy atom. The van der Waals surface area contributed by atoms with Crippen molar-refractivity contribution in [1.82, 2.24) is 4.90 Å². The van der Waals surface area contributed by atoms with E-state index in [2.05, 4.69) is 0 Å². The summed E-state index contributed by atoms with van der Waals surface area (Å²) in [5.41, 5.74) is 0.320. The second-order valence-electron chi connectivity index (χ2n) is 5.03. The number of piperidine rings is 1. The number of carbonyl (C=O) groups is 2. The van der Waals surface area contributed by atoms with E-state index in [9.17, 15) is 19.8 Å². The molecule has 2 N–H and O–H groups in total. The van der Waals surface area contributed by atoms with Crippen LogP contribution in [-0.2, 0) is 4.79 Å². The van der Waals surface area contributed by atoms with Crippen molar-refractivity contribution in [2.75, 3.05) is 6.54 Å². The Balaban J connectivity index is 2.24. The molecule has 5 nitrogen and oxygen atoms in total. The summed E-state index contributed by atoms with van der Waals surface area (Å²) in [7, 11) is 0. The second kappa shape index (κ2) is 5.30. The number of benzene rings is 1. The van der Waals surface area contributed by atoms with E-state index in [1.165, 1.54) is 17.0 Å². The van der Waals surface area contributed by atoms with Gasteiger partial charge in [0.2, 0.25) is 0 Å². The van der Waals surface area contributed by atoms with E-state index in [0.29, 0.717) is 24.4 Å². The highest BCUT2D eigenvalue weighted by Gasteiger charge is 2.35. The highest BCUT2D eigenvalue weighted by atomic mass is 16.4. The molecule has 2 unspecified atom stereocenters. The van der Waals surface area contributed by atoms with Gasteiger partial charge in [0.05, 0.1) is 0 Å². The van der Waals surface area contributed by atoms with Crippen LogP contribution in [0.25, 0.3) is 0 Å². The van der Waals surface area contributed by atoms with Crippen molar-refractivity contribution in [3.05, 3.63) is 29.8 Å². The molecule has 1 aromatic carbocycles. The average Bonchev–Trinajstić information content (AvgIpc) is 2.37. The van der Waals surface area contributed by atoms with Crippen LogP contribution in [0.5, 0.6) is 5.75 Å². The maximum Gasteiger partial charge on any atom is 0.326 e. The number of amides is 1. The van der Waals surface area contributed by atoms with E-state index >= 15 is 0 Å². The third-order valence-corrected chi connectivity index (χ3v) is 3.50. The van der Waals surface area contributed by atoms with Gasteiger partial charge in [-0.05, 0) is 37.0 Å². The Bertz CT molecular complexity index is 500. The van der Waals surface area contributed by atoms with Crippen LogP contribution >= 0.6 is 0 Å². The molecule has 0 spiro atoms. The van der Waals surface area contributed by atoms with Crippen LogP contribution in [0.2, 0.25) is 0 Å². The number of carbonyl (C=O) groups excluding carboxylic acids is 1. The van der Waals surface area contributed by atoms with Gasteiger partial charge < -0.3 is 15.1 Å². The van der Waals surface area contributed by atoms with Crippen LogP contribution in [0.4, 0.5) is 0 Å². The lowest BCUT2D eigenvalue weighted by Gasteiger charge is -2.36. The predicted molar refractivity (Wildman–Crippen MR) is 69.0 cm³/mol. The van der Waals surface area contributed by atoms with Crippen LogP contribution in [-0.4, -0.2) is 39.6 Å². The Labute approximate surface area is 111 Å². The first kappa shape index (κ1) is 13.4. The topological polar surface area (TPSA) is 77.8 Å². The fourth-order valence-corrected chi connectivity index (χ4v) is 2.42. The lowest BCUT2D eigenvalue weighted by Crippen LogP contribution is -2.49. The molecular weight excluding hydrogens is 246 g/mol. The molecule has 0 saturated carbocycles. The van der Waals surface area contributed by atoms with Gasteiger partial charge in [0.25, 0.3) is 5.91 Å². The molecule has 1 fully saturated rings. The van der Waals surface area contributed by atoms with Gasteiger partial charge in [0.15, 0.2) is 0 Å². The standard InChI is InChI=1S/C14H17NO4/c1-9-5-6-15(12(7-9)14(18)19)13(17)10-3-2-4-11(16)8-10/h2-4,8-9,12,16H,5-7H2,1H3,(H,18,19). The Morgan fingerprint density at radius 3 is 2.74 bits per heavy atom. The van der Waals surface area contributed by atoms with E-state index < -0.39 is 12.0 Å². The molecule has 0 aliphatic carbocycles. The van der Waals surface area contributed by atoms with Gasteiger partial charge in [-0.1, -0.05) is 13.0 Å². The summed E-state index contributed by atoms with van der Waals surface area (Å²) in [6, 6.07) is 5.21. The number of nitrogens with zero attached hydrogens (tertiary/aromatic N) is 1. The van der Waals surface area contributed by atoms with Crippen LogP contribution in [0, 0.1) is 5.92 Å². The maximum atomic E-state index is 12.3. The summed E-state index contributed by atoms with van der Waals surface area (Å²) in [4.78, 5) is 25.0. The fraction of sp³-hybridized carbons (Fsp3) is 0.429. The first-order valence-corrected chi connectivity index (χ1v) is 6.32. The molecule has 1 heterocycles. The molecule has 2 rings (SSSR count). The van der Waals surface area contributed by atoms with Gasteiger partial charge >= 0.3 is 5.97 Å². The van der Waals surface area contributed by atoms with Crippen molar-refractivity contribution in [1.29, 1.82) is 0 Å². The van der Waals surface area contributed by atoms with Crippen LogP contribution in [0.3, 0.4) is 0 Å². The number of carboxylic acid groups (broad SMARTS) is 1. The third kappa shape index (κ3) is 2.86. The van der Waals surface area contributed by atoms with Gasteiger partial charge in [-0.2, -0.15) is 0 Å². The number of likely N-dealkylation sites (tertiary alicyclic amines) is 1. The number of aliphatic carboxylic acids is 1. The fourth-order valence-electron chi connectivity index (χ4n) is 2.42. The number of hydrogen-bond donors (Lipinski definition) is 2. The maximum absolute atomic E-state index is 12.3. The number of hydrogen-bond acceptors (Lipinski definition) is 3. The first-order chi connectivity index (χ1) is 8.99. The zero-order valence-electron chi connectivity index (χ0n) is 10.7. The molecule has 1 saturated heterocycles. The van der Waals surface area contributed by atoms with Crippen molar-refractivity contribution in [3.63, 3.8) is 0 Å². The summed E-state index contributed by atoms with van der Waals surface area (Å²) in [5, 5.41) is 18.6. The van der Waals surface area contributed by atoms with E-state index in [1.54, 1.807) is 12.1 Å². The average molecular weight is 263 g/mol. The van der Waals surface area contributed by atoms with Crippen LogP contribution in [0.1, 0.15) is 30.1 Å². The lowest BCUT2D eigenvalue weighted by molar-refractivity contribution is -0.144. The molecule has 1 aromatic rings. The first-order valence-electron chi connectivity index (χ1n) is 6.32. The monoisotopic (exact) mass is 263 g/mol. The highest BCUT2D eigenvalue weighted by molar-refractivity contribution is 5.97.